The lowest BCUT2D eigenvalue weighted by Crippen LogP contribution is -2.31. The van der Waals surface area contributed by atoms with E-state index >= 15 is 0 Å². The number of hydrogen-bond donors (Lipinski definition) is 1. The summed E-state index contributed by atoms with van der Waals surface area (Å²) in [5.74, 6) is -1.33. The molecule has 2 aromatic carbocycles. The summed E-state index contributed by atoms with van der Waals surface area (Å²) >= 11 is 0. The van der Waals surface area contributed by atoms with Crippen molar-refractivity contribution in [1.29, 1.82) is 0 Å². The van der Waals surface area contributed by atoms with Crippen LogP contribution in [0.25, 0.3) is 0 Å². The monoisotopic (exact) mass is 323 g/mol. The quantitative estimate of drug-likeness (QED) is 0.826. The summed E-state index contributed by atoms with van der Waals surface area (Å²) in [6.45, 7) is 3.88. The number of aliphatic carboxylic acids is 1. The maximum Gasteiger partial charge on any atom is 0.331 e. The summed E-state index contributed by atoms with van der Waals surface area (Å²) in [6.07, 6.45) is 0. The topological polar surface area (TPSA) is 57.6 Å². The molecule has 1 N–H and O–H groups in total. The Balaban J connectivity index is 2.30. The van der Waals surface area contributed by atoms with Crippen LogP contribution in [-0.4, -0.2) is 21.9 Å². The van der Waals surface area contributed by atoms with Gasteiger partial charge in [0.15, 0.2) is 0 Å². The van der Waals surface area contributed by atoms with Gasteiger partial charge in [0, 0.05) is 24.2 Å². The zero-order valence-corrected chi connectivity index (χ0v) is 13.9. The highest BCUT2D eigenvalue weighted by molar-refractivity contribution is 6.01. The molecule has 2 rings (SSSR count). The molecule has 0 radical (unpaired) electrons. The van der Waals surface area contributed by atoms with Crippen LogP contribution in [-0.2, 0) is 22.7 Å². The Kier molecular flexibility index (Phi) is 5.90. The Labute approximate surface area is 142 Å². The van der Waals surface area contributed by atoms with Crippen molar-refractivity contribution < 1.29 is 14.7 Å². The van der Waals surface area contributed by atoms with E-state index in [1.807, 2.05) is 60.7 Å². The molecule has 0 aliphatic heterocycles. The second kappa shape index (κ2) is 8.11. The van der Waals surface area contributed by atoms with E-state index in [0.29, 0.717) is 13.1 Å². The average molecular weight is 323 g/mol. The highest BCUT2D eigenvalue weighted by atomic mass is 16.4. The summed E-state index contributed by atoms with van der Waals surface area (Å²) in [6, 6.07) is 19.3. The van der Waals surface area contributed by atoms with E-state index < -0.39 is 5.97 Å². The van der Waals surface area contributed by atoms with E-state index in [9.17, 15) is 9.59 Å². The number of hydrogen-bond acceptors (Lipinski definition) is 2. The first-order chi connectivity index (χ1) is 11.5. The predicted octanol–water partition coefficient (Wildman–Crippen LogP) is 3.64. The average Bonchev–Trinajstić information content (AvgIpc) is 2.61. The molecule has 24 heavy (non-hydrogen) atoms. The van der Waals surface area contributed by atoms with Crippen molar-refractivity contribution >= 4 is 11.9 Å². The van der Waals surface area contributed by atoms with Crippen molar-refractivity contribution in [2.45, 2.75) is 26.9 Å². The van der Waals surface area contributed by atoms with Gasteiger partial charge < -0.3 is 10.0 Å². The highest BCUT2D eigenvalue weighted by Gasteiger charge is 2.20. The van der Waals surface area contributed by atoms with Gasteiger partial charge in [-0.3, -0.25) is 4.79 Å². The number of amides is 1. The van der Waals surface area contributed by atoms with Gasteiger partial charge in [-0.15, -0.1) is 0 Å². The molecule has 0 heterocycles. The number of carbonyl (C=O) groups is 2. The van der Waals surface area contributed by atoms with Crippen molar-refractivity contribution in [2.75, 3.05) is 0 Å². The Hall–Kier alpha value is -2.88. The van der Waals surface area contributed by atoms with Crippen LogP contribution in [0.3, 0.4) is 0 Å². The van der Waals surface area contributed by atoms with Crippen LogP contribution in [0.5, 0.6) is 0 Å². The maximum atomic E-state index is 12.8. The molecule has 0 aliphatic carbocycles. The van der Waals surface area contributed by atoms with Crippen LogP contribution >= 0.6 is 0 Å². The Morgan fingerprint density at radius 1 is 0.792 bits per heavy atom. The summed E-state index contributed by atoms with van der Waals surface area (Å²) in [5, 5.41) is 9.13. The summed E-state index contributed by atoms with van der Waals surface area (Å²) in [7, 11) is 0. The molecule has 0 spiro atoms. The van der Waals surface area contributed by atoms with E-state index in [2.05, 4.69) is 0 Å². The molecule has 0 bridgehead atoms. The first-order valence-corrected chi connectivity index (χ1v) is 7.77. The fourth-order valence-corrected chi connectivity index (χ4v) is 2.37. The second-order valence-electron chi connectivity index (χ2n) is 5.69. The standard InChI is InChI=1S/C20H21NO3/c1-15(16(2)20(23)24)19(22)21(13-17-9-5-3-6-10-17)14-18-11-7-4-8-12-18/h3-12H,13-14H2,1-2H3,(H,23,24)/b16-15+. The van der Waals surface area contributed by atoms with Gasteiger partial charge in [-0.25, -0.2) is 4.79 Å². The zero-order valence-electron chi connectivity index (χ0n) is 13.9. The van der Waals surface area contributed by atoms with Crippen LogP contribution in [0.4, 0.5) is 0 Å². The number of carbonyl (C=O) groups excluding carboxylic acids is 1. The number of rotatable bonds is 6. The Morgan fingerprint density at radius 2 is 1.21 bits per heavy atom. The number of carboxylic acid groups (broad SMARTS) is 1. The lowest BCUT2D eigenvalue weighted by Gasteiger charge is -2.24. The van der Waals surface area contributed by atoms with Gasteiger partial charge in [-0.05, 0) is 25.0 Å². The van der Waals surface area contributed by atoms with Gasteiger partial charge in [0.2, 0.25) is 0 Å². The smallest absolute Gasteiger partial charge is 0.331 e. The second-order valence-corrected chi connectivity index (χ2v) is 5.69. The summed E-state index contributed by atoms with van der Waals surface area (Å²) in [5.41, 5.74) is 2.34. The van der Waals surface area contributed by atoms with E-state index in [0.717, 1.165) is 11.1 Å². The Bertz CT molecular complexity index is 694. The maximum absolute atomic E-state index is 12.8. The van der Waals surface area contributed by atoms with E-state index in [4.69, 9.17) is 5.11 Å². The number of benzene rings is 2. The molecular weight excluding hydrogens is 302 g/mol. The minimum Gasteiger partial charge on any atom is -0.478 e. The zero-order chi connectivity index (χ0) is 17.5. The molecule has 0 atom stereocenters. The van der Waals surface area contributed by atoms with E-state index in [-0.39, 0.29) is 17.1 Å². The Morgan fingerprint density at radius 3 is 1.58 bits per heavy atom. The molecule has 0 aliphatic rings. The first-order valence-electron chi connectivity index (χ1n) is 7.77. The molecule has 0 unspecified atom stereocenters. The molecule has 0 fully saturated rings. The summed E-state index contributed by atoms with van der Waals surface area (Å²) in [4.78, 5) is 25.6. The fraction of sp³-hybridized carbons (Fsp3) is 0.200. The van der Waals surface area contributed by atoms with E-state index in [1.54, 1.807) is 11.8 Å². The largest absolute Gasteiger partial charge is 0.478 e. The van der Waals surface area contributed by atoms with Crippen LogP contribution in [0.2, 0.25) is 0 Å². The van der Waals surface area contributed by atoms with Gasteiger partial charge in [-0.2, -0.15) is 0 Å². The third-order valence-corrected chi connectivity index (χ3v) is 3.92. The van der Waals surface area contributed by atoms with Crippen LogP contribution in [0, 0.1) is 0 Å². The molecule has 0 aromatic heterocycles. The van der Waals surface area contributed by atoms with Crippen LogP contribution in [0.15, 0.2) is 71.8 Å². The van der Waals surface area contributed by atoms with E-state index in [1.165, 1.54) is 6.92 Å². The molecule has 4 nitrogen and oxygen atoms in total. The molecular formula is C20H21NO3. The van der Waals surface area contributed by atoms with Crippen LogP contribution < -0.4 is 0 Å². The first kappa shape index (κ1) is 17.5. The predicted molar refractivity (Wildman–Crippen MR) is 93.1 cm³/mol. The third kappa shape index (κ3) is 4.56. The van der Waals surface area contributed by atoms with Gasteiger partial charge >= 0.3 is 5.97 Å². The van der Waals surface area contributed by atoms with Gasteiger partial charge in [0.1, 0.15) is 0 Å². The minimum absolute atomic E-state index is 0.0751. The highest BCUT2D eigenvalue weighted by Crippen LogP contribution is 2.15. The number of carboxylic acids is 1. The van der Waals surface area contributed by atoms with Crippen LogP contribution in [0.1, 0.15) is 25.0 Å². The fourth-order valence-electron chi connectivity index (χ4n) is 2.37. The molecule has 4 heteroatoms. The SMILES string of the molecule is C/C(C(=O)O)=C(/C)C(=O)N(Cc1ccccc1)Cc1ccccc1. The molecule has 1 amide bonds. The number of nitrogens with zero attached hydrogens (tertiary/aromatic N) is 1. The van der Waals surface area contributed by atoms with Crippen molar-refractivity contribution in [3.8, 4) is 0 Å². The van der Waals surface area contributed by atoms with Gasteiger partial charge in [0.05, 0.1) is 0 Å². The molecule has 124 valence electrons. The summed E-state index contributed by atoms with van der Waals surface area (Å²) < 4.78 is 0. The molecule has 0 saturated heterocycles. The minimum atomic E-state index is -1.07. The van der Waals surface area contributed by atoms with Crippen molar-refractivity contribution in [3.05, 3.63) is 82.9 Å². The normalized spacial score (nSPS) is 11.6. The lowest BCUT2D eigenvalue weighted by atomic mass is 10.1. The van der Waals surface area contributed by atoms with Crippen molar-refractivity contribution in [2.24, 2.45) is 0 Å². The molecule has 0 saturated carbocycles. The van der Waals surface area contributed by atoms with Gasteiger partial charge in [-0.1, -0.05) is 60.7 Å². The lowest BCUT2D eigenvalue weighted by molar-refractivity contribution is -0.134. The van der Waals surface area contributed by atoms with Crippen molar-refractivity contribution in [3.63, 3.8) is 0 Å². The third-order valence-electron chi connectivity index (χ3n) is 3.92. The van der Waals surface area contributed by atoms with Crippen molar-refractivity contribution in [1.82, 2.24) is 4.90 Å². The molecule has 2 aromatic rings. The van der Waals surface area contributed by atoms with Gasteiger partial charge in [0.25, 0.3) is 5.91 Å².